The van der Waals surface area contributed by atoms with Crippen LogP contribution in [0.4, 0.5) is 0 Å². The fourth-order valence-corrected chi connectivity index (χ4v) is 2.85. The Balaban J connectivity index is 1.59. The Morgan fingerprint density at radius 1 is 1.11 bits per heavy atom. The molecular formula is C21H27N5O. The number of rotatable bonds is 8. The van der Waals surface area contributed by atoms with Gasteiger partial charge in [-0.25, -0.2) is 9.98 Å². The van der Waals surface area contributed by atoms with Gasteiger partial charge >= 0.3 is 0 Å². The summed E-state index contributed by atoms with van der Waals surface area (Å²) in [4.78, 5) is 9.32. The summed E-state index contributed by atoms with van der Waals surface area (Å²) in [6.45, 7) is 6.85. The summed E-state index contributed by atoms with van der Waals surface area (Å²) in [6.07, 6.45) is 4.92. The molecule has 6 heteroatoms. The van der Waals surface area contributed by atoms with Crippen LogP contribution in [-0.4, -0.2) is 35.0 Å². The molecule has 0 atom stereocenters. The Morgan fingerprint density at radius 2 is 1.96 bits per heavy atom. The number of pyridine rings is 1. The molecule has 0 aliphatic heterocycles. The highest BCUT2D eigenvalue weighted by atomic mass is 16.5. The van der Waals surface area contributed by atoms with Gasteiger partial charge in [-0.1, -0.05) is 24.3 Å². The summed E-state index contributed by atoms with van der Waals surface area (Å²) in [6, 6.07) is 14.0. The van der Waals surface area contributed by atoms with Crippen LogP contribution in [0.2, 0.25) is 0 Å². The zero-order chi connectivity index (χ0) is 18.9. The average Bonchev–Trinajstić information content (AvgIpc) is 3.10. The maximum absolute atomic E-state index is 5.68. The number of nitrogens with zero attached hydrogens (tertiary/aromatic N) is 3. The Bertz CT molecular complexity index is 854. The SMILES string of the molecule is CCNC(=NCc1ccccc1OCC)NCCc1cn2ccccc2n1. The fourth-order valence-electron chi connectivity index (χ4n) is 2.85. The molecule has 0 amide bonds. The largest absolute Gasteiger partial charge is 0.494 e. The van der Waals surface area contributed by atoms with Crippen LogP contribution in [0.3, 0.4) is 0 Å². The molecule has 0 spiro atoms. The minimum atomic E-state index is 0.569. The van der Waals surface area contributed by atoms with Gasteiger partial charge in [0.2, 0.25) is 0 Å². The van der Waals surface area contributed by atoms with E-state index in [1.807, 2.05) is 53.9 Å². The highest BCUT2D eigenvalue weighted by molar-refractivity contribution is 5.79. The zero-order valence-corrected chi connectivity index (χ0v) is 16.0. The summed E-state index contributed by atoms with van der Waals surface area (Å²) in [5.41, 5.74) is 3.11. The van der Waals surface area contributed by atoms with Crippen molar-refractivity contribution in [1.29, 1.82) is 0 Å². The molecule has 27 heavy (non-hydrogen) atoms. The van der Waals surface area contributed by atoms with Crippen molar-refractivity contribution in [3.8, 4) is 5.75 Å². The van der Waals surface area contributed by atoms with Gasteiger partial charge in [0, 0.05) is 37.5 Å². The smallest absolute Gasteiger partial charge is 0.191 e. The number of para-hydroxylation sites is 1. The molecule has 0 bridgehead atoms. The van der Waals surface area contributed by atoms with Crippen LogP contribution in [-0.2, 0) is 13.0 Å². The molecule has 6 nitrogen and oxygen atoms in total. The fraction of sp³-hybridized carbons (Fsp3) is 0.333. The third kappa shape index (κ3) is 5.23. The van der Waals surface area contributed by atoms with Crippen LogP contribution in [0, 0.1) is 0 Å². The quantitative estimate of drug-likeness (QED) is 0.476. The molecule has 0 aliphatic rings. The second kappa shape index (κ2) is 9.62. The molecule has 3 rings (SSSR count). The van der Waals surface area contributed by atoms with E-state index in [0.717, 1.165) is 48.1 Å². The van der Waals surface area contributed by atoms with Crippen molar-refractivity contribution in [3.05, 3.63) is 66.1 Å². The minimum absolute atomic E-state index is 0.569. The van der Waals surface area contributed by atoms with Crippen LogP contribution < -0.4 is 15.4 Å². The lowest BCUT2D eigenvalue weighted by Crippen LogP contribution is -2.38. The zero-order valence-electron chi connectivity index (χ0n) is 16.0. The lowest BCUT2D eigenvalue weighted by Gasteiger charge is -2.12. The maximum Gasteiger partial charge on any atom is 0.191 e. The first-order chi connectivity index (χ1) is 13.3. The van der Waals surface area contributed by atoms with E-state index in [0.29, 0.717) is 13.2 Å². The molecule has 0 saturated carbocycles. The van der Waals surface area contributed by atoms with Gasteiger partial charge < -0.3 is 19.8 Å². The molecule has 1 aromatic carbocycles. The first kappa shape index (κ1) is 18.8. The normalized spacial score (nSPS) is 11.6. The van der Waals surface area contributed by atoms with Crippen molar-refractivity contribution < 1.29 is 4.74 Å². The van der Waals surface area contributed by atoms with Gasteiger partial charge in [0.1, 0.15) is 11.4 Å². The Labute approximate surface area is 160 Å². The first-order valence-electron chi connectivity index (χ1n) is 9.45. The van der Waals surface area contributed by atoms with E-state index in [2.05, 4.69) is 39.8 Å². The number of ether oxygens (including phenoxy) is 1. The minimum Gasteiger partial charge on any atom is -0.494 e. The van der Waals surface area contributed by atoms with Gasteiger partial charge in [0.25, 0.3) is 0 Å². The Kier molecular flexibility index (Phi) is 6.68. The maximum atomic E-state index is 5.68. The van der Waals surface area contributed by atoms with Crippen LogP contribution in [0.1, 0.15) is 25.1 Å². The van der Waals surface area contributed by atoms with Crippen LogP contribution in [0.5, 0.6) is 5.75 Å². The van der Waals surface area contributed by atoms with E-state index >= 15 is 0 Å². The number of aromatic nitrogens is 2. The van der Waals surface area contributed by atoms with Crippen molar-refractivity contribution in [1.82, 2.24) is 20.0 Å². The monoisotopic (exact) mass is 365 g/mol. The number of hydrogen-bond acceptors (Lipinski definition) is 3. The van der Waals surface area contributed by atoms with E-state index in [4.69, 9.17) is 4.74 Å². The summed E-state index contributed by atoms with van der Waals surface area (Å²) in [5, 5.41) is 6.67. The van der Waals surface area contributed by atoms with Gasteiger partial charge in [-0.05, 0) is 32.0 Å². The molecule has 2 heterocycles. The highest BCUT2D eigenvalue weighted by Crippen LogP contribution is 2.18. The lowest BCUT2D eigenvalue weighted by molar-refractivity contribution is 0.336. The van der Waals surface area contributed by atoms with Crippen LogP contribution in [0.25, 0.3) is 5.65 Å². The number of benzene rings is 1. The number of aliphatic imine (C=N–C) groups is 1. The molecule has 0 aliphatic carbocycles. The molecule has 0 fully saturated rings. The first-order valence-corrected chi connectivity index (χ1v) is 9.45. The number of fused-ring (bicyclic) bond motifs is 1. The van der Waals surface area contributed by atoms with E-state index in [1.165, 1.54) is 0 Å². The molecule has 142 valence electrons. The number of imidazole rings is 1. The molecule has 2 aromatic heterocycles. The van der Waals surface area contributed by atoms with Crippen molar-refractivity contribution in [3.63, 3.8) is 0 Å². The van der Waals surface area contributed by atoms with E-state index in [-0.39, 0.29) is 0 Å². The second-order valence-electron chi connectivity index (χ2n) is 6.11. The summed E-state index contributed by atoms with van der Waals surface area (Å²) < 4.78 is 7.72. The van der Waals surface area contributed by atoms with Crippen molar-refractivity contribution in [2.24, 2.45) is 4.99 Å². The lowest BCUT2D eigenvalue weighted by atomic mass is 10.2. The predicted octanol–water partition coefficient (Wildman–Crippen LogP) is 3.03. The molecule has 2 N–H and O–H groups in total. The number of nitrogens with one attached hydrogen (secondary N) is 2. The topological polar surface area (TPSA) is 63.0 Å². The third-order valence-electron chi connectivity index (χ3n) is 4.11. The number of guanidine groups is 1. The van der Waals surface area contributed by atoms with E-state index < -0.39 is 0 Å². The standard InChI is InChI=1S/C21H27N5O/c1-3-22-21(24-15-17-9-5-6-10-19(17)27-4-2)23-13-12-18-16-26-14-8-7-11-20(26)25-18/h5-11,14,16H,3-4,12-13,15H2,1-2H3,(H2,22,23,24). The van der Waals surface area contributed by atoms with Gasteiger partial charge in [-0.3, -0.25) is 0 Å². The van der Waals surface area contributed by atoms with E-state index in [1.54, 1.807) is 0 Å². The molecule has 3 aromatic rings. The number of hydrogen-bond donors (Lipinski definition) is 2. The average molecular weight is 365 g/mol. The van der Waals surface area contributed by atoms with Gasteiger partial charge in [0.15, 0.2) is 5.96 Å². The summed E-state index contributed by atoms with van der Waals surface area (Å²) >= 11 is 0. The van der Waals surface area contributed by atoms with Gasteiger partial charge in [-0.15, -0.1) is 0 Å². The third-order valence-corrected chi connectivity index (χ3v) is 4.11. The molecule has 0 radical (unpaired) electrons. The van der Waals surface area contributed by atoms with Crippen LogP contribution >= 0.6 is 0 Å². The van der Waals surface area contributed by atoms with Gasteiger partial charge in [0.05, 0.1) is 18.8 Å². The molecular weight excluding hydrogens is 338 g/mol. The van der Waals surface area contributed by atoms with E-state index in [9.17, 15) is 0 Å². The highest BCUT2D eigenvalue weighted by Gasteiger charge is 2.04. The second-order valence-corrected chi connectivity index (χ2v) is 6.11. The molecule has 0 saturated heterocycles. The molecule has 0 unspecified atom stereocenters. The summed E-state index contributed by atoms with van der Waals surface area (Å²) in [7, 11) is 0. The van der Waals surface area contributed by atoms with Crippen molar-refractivity contribution in [2.75, 3.05) is 19.7 Å². The van der Waals surface area contributed by atoms with Crippen molar-refractivity contribution >= 4 is 11.6 Å². The van der Waals surface area contributed by atoms with Gasteiger partial charge in [-0.2, -0.15) is 0 Å². The Hall–Kier alpha value is -3.02. The predicted molar refractivity (Wildman–Crippen MR) is 109 cm³/mol. The summed E-state index contributed by atoms with van der Waals surface area (Å²) in [5.74, 6) is 1.69. The van der Waals surface area contributed by atoms with Crippen molar-refractivity contribution in [2.45, 2.75) is 26.8 Å². The van der Waals surface area contributed by atoms with Crippen LogP contribution in [0.15, 0.2) is 59.9 Å². The Morgan fingerprint density at radius 3 is 2.78 bits per heavy atom.